The molecule has 0 saturated heterocycles. The Balaban J connectivity index is 2.43. The number of hydrogen-bond acceptors (Lipinski definition) is 1. The lowest BCUT2D eigenvalue weighted by Crippen LogP contribution is -2.09. The number of aliphatic hydroxyl groups is 1. The Kier molecular flexibility index (Phi) is 6.51. The summed E-state index contributed by atoms with van der Waals surface area (Å²) >= 11 is 5.94. The minimum Gasteiger partial charge on any atom is -0.396 e. The van der Waals surface area contributed by atoms with Gasteiger partial charge >= 0.3 is 0 Å². The van der Waals surface area contributed by atoms with Crippen molar-refractivity contribution in [2.24, 2.45) is 5.92 Å². The molecule has 0 amide bonds. The zero-order valence-electron chi connectivity index (χ0n) is 9.95. The molecule has 0 aliphatic rings. The van der Waals surface area contributed by atoms with Crippen molar-refractivity contribution < 1.29 is 5.11 Å². The van der Waals surface area contributed by atoms with Crippen molar-refractivity contribution >= 4 is 11.6 Å². The normalized spacial score (nSPS) is 12.7. The molecule has 0 fully saturated rings. The highest BCUT2D eigenvalue weighted by Gasteiger charge is 2.08. The maximum atomic E-state index is 9.32. The third-order valence-corrected chi connectivity index (χ3v) is 3.12. The first-order valence-corrected chi connectivity index (χ1v) is 6.49. The van der Waals surface area contributed by atoms with E-state index < -0.39 is 0 Å². The third-order valence-electron chi connectivity index (χ3n) is 2.89. The van der Waals surface area contributed by atoms with E-state index in [1.54, 1.807) is 0 Å². The van der Waals surface area contributed by atoms with E-state index in [1.165, 1.54) is 24.8 Å². The average Bonchev–Trinajstić information content (AvgIpc) is 2.28. The Hall–Kier alpha value is -0.530. The highest BCUT2D eigenvalue weighted by Crippen LogP contribution is 2.18. The summed E-state index contributed by atoms with van der Waals surface area (Å²) in [6.45, 7) is 2.47. The third kappa shape index (κ3) is 5.00. The molecule has 2 heteroatoms. The van der Waals surface area contributed by atoms with Gasteiger partial charge in [0.15, 0.2) is 0 Å². The molecule has 1 aromatic rings. The predicted molar refractivity (Wildman–Crippen MR) is 69.9 cm³/mol. The predicted octanol–water partition coefficient (Wildman–Crippen LogP) is 4.07. The van der Waals surface area contributed by atoms with Gasteiger partial charge in [-0.1, -0.05) is 49.9 Å². The minimum absolute atomic E-state index is 0.274. The van der Waals surface area contributed by atoms with Crippen LogP contribution in [-0.2, 0) is 6.42 Å². The molecule has 0 aromatic heterocycles. The van der Waals surface area contributed by atoms with Crippen LogP contribution in [0.25, 0.3) is 0 Å². The van der Waals surface area contributed by atoms with E-state index in [2.05, 4.69) is 13.0 Å². The minimum atomic E-state index is 0.274. The fraction of sp³-hybridized carbons (Fsp3) is 0.571. The molecule has 0 bridgehead atoms. The summed E-state index contributed by atoms with van der Waals surface area (Å²) in [7, 11) is 0. The molecule has 0 saturated carbocycles. The highest BCUT2D eigenvalue weighted by molar-refractivity contribution is 6.30. The van der Waals surface area contributed by atoms with Gasteiger partial charge in [0.1, 0.15) is 0 Å². The van der Waals surface area contributed by atoms with Crippen molar-refractivity contribution in [3.05, 3.63) is 34.9 Å². The molecular formula is C14H21ClO. The van der Waals surface area contributed by atoms with Crippen molar-refractivity contribution in [3.63, 3.8) is 0 Å². The van der Waals surface area contributed by atoms with Crippen LogP contribution < -0.4 is 0 Å². The topological polar surface area (TPSA) is 20.2 Å². The Morgan fingerprint density at radius 3 is 2.75 bits per heavy atom. The van der Waals surface area contributed by atoms with Gasteiger partial charge in [-0.2, -0.15) is 0 Å². The van der Waals surface area contributed by atoms with Gasteiger partial charge in [-0.05, 0) is 36.5 Å². The van der Waals surface area contributed by atoms with Crippen LogP contribution in [0.3, 0.4) is 0 Å². The van der Waals surface area contributed by atoms with Crippen LogP contribution in [0.1, 0.15) is 38.2 Å². The second-order valence-corrected chi connectivity index (χ2v) is 4.81. The first-order valence-electron chi connectivity index (χ1n) is 6.11. The SMILES string of the molecule is CCCCCC(CO)Cc1cccc(Cl)c1. The van der Waals surface area contributed by atoms with Gasteiger partial charge in [0.25, 0.3) is 0 Å². The maximum Gasteiger partial charge on any atom is 0.0462 e. The van der Waals surface area contributed by atoms with Gasteiger partial charge in [-0.25, -0.2) is 0 Å². The van der Waals surface area contributed by atoms with Crippen molar-refractivity contribution in [1.82, 2.24) is 0 Å². The van der Waals surface area contributed by atoms with Gasteiger partial charge in [-0.3, -0.25) is 0 Å². The molecule has 0 aliphatic heterocycles. The fourth-order valence-corrected chi connectivity index (χ4v) is 2.15. The van der Waals surface area contributed by atoms with E-state index in [0.29, 0.717) is 5.92 Å². The molecule has 0 spiro atoms. The van der Waals surface area contributed by atoms with Gasteiger partial charge in [0.2, 0.25) is 0 Å². The molecule has 0 aliphatic carbocycles. The van der Waals surface area contributed by atoms with Crippen LogP contribution in [0.2, 0.25) is 5.02 Å². The summed E-state index contributed by atoms with van der Waals surface area (Å²) < 4.78 is 0. The van der Waals surface area contributed by atoms with E-state index in [9.17, 15) is 5.11 Å². The Labute approximate surface area is 103 Å². The molecule has 0 radical (unpaired) electrons. The van der Waals surface area contributed by atoms with E-state index in [-0.39, 0.29) is 6.61 Å². The summed E-state index contributed by atoms with van der Waals surface area (Å²) in [6, 6.07) is 7.92. The van der Waals surface area contributed by atoms with E-state index in [4.69, 9.17) is 11.6 Å². The molecule has 16 heavy (non-hydrogen) atoms. The summed E-state index contributed by atoms with van der Waals surface area (Å²) in [5.74, 6) is 0.380. The van der Waals surface area contributed by atoms with Crippen LogP contribution in [0.4, 0.5) is 0 Å². The molecule has 1 atom stereocenters. The van der Waals surface area contributed by atoms with Crippen molar-refractivity contribution in [3.8, 4) is 0 Å². The number of rotatable bonds is 7. The van der Waals surface area contributed by atoms with E-state index in [0.717, 1.165) is 17.9 Å². The lowest BCUT2D eigenvalue weighted by atomic mass is 9.94. The molecule has 0 heterocycles. The van der Waals surface area contributed by atoms with Gasteiger partial charge in [-0.15, -0.1) is 0 Å². The second-order valence-electron chi connectivity index (χ2n) is 4.38. The maximum absolute atomic E-state index is 9.32. The average molecular weight is 241 g/mol. The lowest BCUT2D eigenvalue weighted by Gasteiger charge is -2.13. The summed E-state index contributed by atoms with van der Waals surface area (Å²) in [5, 5.41) is 10.1. The number of unbranched alkanes of at least 4 members (excludes halogenated alkanes) is 2. The Morgan fingerprint density at radius 2 is 2.12 bits per heavy atom. The van der Waals surface area contributed by atoms with Crippen LogP contribution in [0.15, 0.2) is 24.3 Å². The quantitative estimate of drug-likeness (QED) is 0.713. The fourth-order valence-electron chi connectivity index (χ4n) is 1.94. The van der Waals surface area contributed by atoms with E-state index in [1.807, 2.05) is 18.2 Å². The van der Waals surface area contributed by atoms with Gasteiger partial charge in [0, 0.05) is 11.6 Å². The molecule has 90 valence electrons. The molecule has 1 unspecified atom stereocenters. The lowest BCUT2D eigenvalue weighted by molar-refractivity contribution is 0.215. The Bertz CT molecular complexity index is 299. The first-order chi connectivity index (χ1) is 7.76. The Morgan fingerprint density at radius 1 is 1.31 bits per heavy atom. The number of halogens is 1. The monoisotopic (exact) mass is 240 g/mol. The summed E-state index contributed by atoms with van der Waals surface area (Å²) in [6.07, 6.45) is 5.74. The molecule has 1 rings (SSSR count). The first kappa shape index (κ1) is 13.5. The van der Waals surface area contributed by atoms with Crippen molar-refractivity contribution in [2.75, 3.05) is 6.61 Å². The largest absolute Gasteiger partial charge is 0.396 e. The standard InChI is InChI=1S/C14H21ClO/c1-2-3-4-6-13(11-16)9-12-7-5-8-14(15)10-12/h5,7-8,10,13,16H,2-4,6,9,11H2,1H3. The number of hydrogen-bond donors (Lipinski definition) is 1. The summed E-state index contributed by atoms with van der Waals surface area (Å²) in [5.41, 5.74) is 1.23. The van der Waals surface area contributed by atoms with Crippen LogP contribution >= 0.6 is 11.6 Å². The highest BCUT2D eigenvalue weighted by atomic mass is 35.5. The van der Waals surface area contributed by atoms with Crippen LogP contribution in [-0.4, -0.2) is 11.7 Å². The molecular weight excluding hydrogens is 220 g/mol. The van der Waals surface area contributed by atoms with Crippen molar-refractivity contribution in [2.45, 2.75) is 39.0 Å². The van der Waals surface area contributed by atoms with Crippen molar-refractivity contribution in [1.29, 1.82) is 0 Å². The molecule has 1 aromatic carbocycles. The van der Waals surface area contributed by atoms with E-state index >= 15 is 0 Å². The zero-order valence-corrected chi connectivity index (χ0v) is 10.7. The smallest absolute Gasteiger partial charge is 0.0462 e. The number of benzene rings is 1. The van der Waals surface area contributed by atoms with Crippen LogP contribution in [0, 0.1) is 5.92 Å². The zero-order chi connectivity index (χ0) is 11.8. The van der Waals surface area contributed by atoms with Gasteiger partial charge < -0.3 is 5.11 Å². The van der Waals surface area contributed by atoms with Gasteiger partial charge in [0.05, 0.1) is 0 Å². The summed E-state index contributed by atoms with van der Waals surface area (Å²) in [4.78, 5) is 0. The van der Waals surface area contributed by atoms with Crippen LogP contribution in [0.5, 0.6) is 0 Å². The second kappa shape index (κ2) is 7.70. The molecule has 1 nitrogen and oxygen atoms in total. The number of aliphatic hydroxyl groups excluding tert-OH is 1. The molecule has 1 N–H and O–H groups in total.